The molecule has 0 N–H and O–H groups in total. The van der Waals surface area contributed by atoms with Crippen LogP contribution in [0.2, 0.25) is 0 Å². The third-order valence-electron chi connectivity index (χ3n) is 4.21. The molecule has 0 saturated heterocycles. The van der Waals surface area contributed by atoms with Crippen molar-refractivity contribution in [1.82, 2.24) is 4.57 Å². The van der Waals surface area contributed by atoms with Crippen LogP contribution in [0.15, 0.2) is 36.5 Å². The SMILES string of the molecule is [2H]c1cccc2ccn(C(=O)C(CC)(CC)CC)c12. The van der Waals surface area contributed by atoms with E-state index in [0.717, 1.165) is 30.2 Å². The van der Waals surface area contributed by atoms with Gasteiger partial charge in [0.1, 0.15) is 0 Å². The highest BCUT2D eigenvalue weighted by Gasteiger charge is 2.34. The van der Waals surface area contributed by atoms with Crippen LogP contribution in [0.1, 0.15) is 46.2 Å². The van der Waals surface area contributed by atoms with Gasteiger partial charge in [0, 0.05) is 17.0 Å². The van der Waals surface area contributed by atoms with Crippen LogP contribution in [0.3, 0.4) is 0 Å². The van der Waals surface area contributed by atoms with Gasteiger partial charge in [-0.1, -0.05) is 39.0 Å². The van der Waals surface area contributed by atoms with Crippen LogP contribution >= 0.6 is 0 Å². The van der Waals surface area contributed by atoms with Gasteiger partial charge >= 0.3 is 0 Å². The molecule has 0 atom stereocenters. The molecule has 0 saturated carbocycles. The summed E-state index contributed by atoms with van der Waals surface area (Å²) in [7, 11) is 0. The molecule has 0 unspecified atom stereocenters. The van der Waals surface area contributed by atoms with Crippen LogP contribution in [0, 0.1) is 5.41 Å². The highest BCUT2D eigenvalue weighted by atomic mass is 16.2. The topological polar surface area (TPSA) is 22.0 Å². The monoisotopic (exact) mass is 244 g/mol. The van der Waals surface area contributed by atoms with E-state index in [0.29, 0.717) is 6.04 Å². The minimum Gasteiger partial charge on any atom is -0.287 e. The predicted octanol–water partition coefficient (Wildman–Crippen LogP) is 4.50. The molecule has 18 heavy (non-hydrogen) atoms. The van der Waals surface area contributed by atoms with Crippen LogP contribution in [0.25, 0.3) is 10.9 Å². The second kappa shape index (κ2) is 4.97. The van der Waals surface area contributed by atoms with Crippen LogP contribution in [-0.4, -0.2) is 10.5 Å². The van der Waals surface area contributed by atoms with Crippen LogP contribution < -0.4 is 0 Å². The Morgan fingerprint density at radius 1 is 1.22 bits per heavy atom. The largest absolute Gasteiger partial charge is 0.287 e. The number of carbonyl (C=O) groups excluding carboxylic acids is 1. The number of fused-ring (bicyclic) bond motifs is 1. The molecule has 2 nitrogen and oxygen atoms in total. The maximum absolute atomic E-state index is 12.9. The van der Waals surface area contributed by atoms with Crippen LogP contribution in [-0.2, 0) is 0 Å². The Morgan fingerprint density at radius 3 is 2.50 bits per heavy atom. The minimum absolute atomic E-state index is 0.120. The first-order valence-corrected chi connectivity index (χ1v) is 6.71. The van der Waals surface area contributed by atoms with E-state index in [-0.39, 0.29) is 11.3 Å². The number of benzene rings is 1. The Bertz CT molecular complexity index is 588. The smallest absolute Gasteiger partial charge is 0.237 e. The van der Waals surface area contributed by atoms with Gasteiger partial charge in [0.2, 0.25) is 5.91 Å². The third-order valence-corrected chi connectivity index (χ3v) is 4.21. The van der Waals surface area contributed by atoms with Crippen molar-refractivity contribution in [3.05, 3.63) is 36.5 Å². The molecule has 1 aromatic carbocycles. The number of hydrogen-bond donors (Lipinski definition) is 0. The first kappa shape index (κ1) is 11.5. The van der Waals surface area contributed by atoms with E-state index in [9.17, 15) is 4.79 Å². The Hall–Kier alpha value is -1.57. The highest BCUT2D eigenvalue weighted by molar-refractivity contribution is 5.95. The first-order valence-electron chi connectivity index (χ1n) is 7.21. The van der Waals surface area contributed by atoms with E-state index in [2.05, 4.69) is 20.8 Å². The van der Waals surface area contributed by atoms with Gasteiger partial charge in [0.15, 0.2) is 0 Å². The lowest BCUT2D eigenvalue weighted by atomic mass is 9.79. The molecule has 2 rings (SSSR count). The number of hydrogen-bond acceptors (Lipinski definition) is 1. The normalized spacial score (nSPS) is 12.7. The molecule has 1 aromatic heterocycles. The summed E-state index contributed by atoms with van der Waals surface area (Å²) in [5, 5.41) is 0.957. The summed E-state index contributed by atoms with van der Waals surface area (Å²) in [6.45, 7) is 6.20. The fourth-order valence-electron chi connectivity index (χ4n) is 2.64. The lowest BCUT2D eigenvalue weighted by Gasteiger charge is -2.29. The van der Waals surface area contributed by atoms with Gasteiger partial charge in [0.05, 0.1) is 6.89 Å². The fourth-order valence-corrected chi connectivity index (χ4v) is 2.64. The maximum Gasteiger partial charge on any atom is 0.237 e. The van der Waals surface area contributed by atoms with Gasteiger partial charge in [-0.25, -0.2) is 0 Å². The van der Waals surface area contributed by atoms with Gasteiger partial charge in [-0.3, -0.25) is 9.36 Å². The number of carbonyl (C=O) groups is 1. The summed E-state index contributed by atoms with van der Waals surface area (Å²) in [4.78, 5) is 12.9. The third kappa shape index (κ3) is 1.86. The van der Waals surface area contributed by atoms with Gasteiger partial charge in [-0.2, -0.15) is 0 Å². The summed E-state index contributed by atoms with van der Waals surface area (Å²) in [6, 6.07) is 7.86. The summed E-state index contributed by atoms with van der Waals surface area (Å²) >= 11 is 0. The molecular formula is C16H21NO. The predicted molar refractivity (Wildman–Crippen MR) is 75.9 cm³/mol. The van der Waals surface area contributed by atoms with Crippen molar-refractivity contribution in [1.29, 1.82) is 0 Å². The first-order chi connectivity index (χ1) is 9.09. The highest BCUT2D eigenvalue weighted by Crippen LogP contribution is 2.33. The van der Waals surface area contributed by atoms with Crippen LogP contribution in [0.5, 0.6) is 0 Å². The van der Waals surface area contributed by atoms with Gasteiger partial charge in [-0.15, -0.1) is 0 Å². The molecule has 0 spiro atoms. The van der Waals surface area contributed by atoms with E-state index in [1.807, 2.05) is 18.2 Å². The molecule has 0 aliphatic heterocycles. The number of para-hydroxylation sites is 1. The lowest BCUT2D eigenvalue weighted by molar-refractivity contribution is 0.0675. The number of aromatic nitrogens is 1. The summed E-state index contributed by atoms with van der Waals surface area (Å²) in [6.07, 6.45) is 4.30. The molecule has 2 aromatic rings. The number of rotatable bonds is 4. The van der Waals surface area contributed by atoms with Crippen molar-refractivity contribution >= 4 is 16.8 Å². The van der Waals surface area contributed by atoms with Crippen molar-refractivity contribution in [2.24, 2.45) is 5.41 Å². The second-order valence-corrected chi connectivity index (χ2v) is 4.81. The Labute approximate surface area is 110 Å². The van der Waals surface area contributed by atoms with Gasteiger partial charge < -0.3 is 0 Å². The molecule has 2 heteroatoms. The Balaban J connectivity index is 2.59. The van der Waals surface area contributed by atoms with Crippen molar-refractivity contribution < 1.29 is 6.17 Å². The van der Waals surface area contributed by atoms with E-state index in [1.54, 1.807) is 16.8 Å². The van der Waals surface area contributed by atoms with Crippen molar-refractivity contribution in [2.45, 2.75) is 40.0 Å². The molecule has 96 valence electrons. The van der Waals surface area contributed by atoms with E-state index >= 15 is 0 Å². The zero-order chi connectivity index (χ0) is 14.0. The summed E-state index contributed by atoms with van der Waals surface area (Å²) < 4.78 is 9.69. The minimum atomic E-state index is -0.311. The van der Waals surface area contributed by atoms with Crippen molar-refractivity contribution in [2.75, 3.05) is 0 Å². The fraction of sp³-hybridized carbons (Fsp3) is 0.438. The molecular weight excluding hydrogens is 222 g/mol. The molecule has 0 amide bonds. The van der Waals surface area contributed by atoms with Gasteiger partial charge in [-0.05, 0) is 31.4 Å². The zero-order valence-corrected chi connectivity index (χ0v) is 11.4. The molecule has 0 radical (unpaired) electrons. The standard InChI is InChI=1S/C16H21NO/c1-4-16(5-2,6-3)15(18)17-12-11-13-9-7-8-10-14(13)17/h7-12H,4-6H2,1-3H3/i10D. The second-order valence-electron chi connectivity index (χ2n) is 4.81. The van der Waals surface area contributed by atoms with E-state index in [4.69, 9.17) is 1.37 Å². The zero-order valence-electron chi connectivity index (χ0n) is 12.4. The van der Waals surface area contributed by atoms with Crippen molar-refractivity contribution in [3.8, 4) is 0 Å². The van der Waals surface area contributed by atoms with E-state index < -0.39 is 0 Å². The van der Waals surface area contributed by atoms with E-state index in [1.165, 1.54) is 0 Å². The molecule has 0 fully saturated rings. The molecule has 0 aliphatic rings. The van der Waals surface area contributed by atoms with Crippen molar-refractivity contribution in [3.63, 3.8) is 0 Å². The lowest BCUT2D eigenvalue weighted by Crippen LogP contribution is -2.33. The summed E-state index contributed by atoms with van der Waals surface area (Å²) in [5.74, 6) is 0.120. The maximum atomic E-state index is 12.9. The molecule has 0 aliphatic carbocycles. The molecule has 0 bridgehead atoms. The quantitative estimate of drug-likeness (QED) is 0.776. The van der Waals surface area contributed by atoms with Crippen LogP contribution in [0.4, 0.5) is 0 Å². The average molecular weight is 244 g/mol. The van der Waals surface area contributed by atoms with Gasteiger partial charge in [0.25, 0.3) is 0 Å². The summed E-state index contributed by atoms with van der Waals surface area (Å²) in [5.41, 5.74) is 0.418. The Morgan fingerprint density at radius 2 is 1.89 bits per heavy atom. The Kier molecular flexibility index (Phi) is 3.18. The number of nitrogens with zero attached hydrogens (tertiary/aromatic N) is 1. The molecule has 1 heterocycles. The average Bonchev–Trinajstić information content (AvgIpc) is 2.86.